The van der Waals surface area contributed by atoms with Gasteiger partial charge in [0.05, 0.1) is 18.2 Å². The monoisotopic (exact) mass is 259 g/mol. The number of imidazole rings is 1. The Morgan fingerprint density at radius 1 is 1.26 bits per heavy atom. The number of nitrogen functional groups attached to an aromatic ring is 1. The zero-order chi connectivity index (χ0) is 14.0. The second-order valence-electron chi connectivity index (χ2n) is 5.72. The summed E-state index contributed by atoms with van der Waals surface area (Å²) < 4.78 is 2.06. The zero-order valence-electron chi connectivity index (χ0n) is 12.0. The van der Waals surface area contributed by atoms with Gasteiger partial charge in [-0.05, 0) is 6.42 Å². The van der Waals surface area contributed by atoms with Crippen molar-refractivity contribution in [2.45, 2.75) is 46.1 Å². The van der Waals surface area contributed by atoms with Crippen molar-refractivity contribution in [1.29, 1.82) is 0 Å². The number of nitrogens with two attached hydrogens (primary N) is 1. The highest BCUT2D eigenvalue weighted by Gasteiger charge is 2.19. The molecule has 0 aliphatic carbocycles. The van der Waals surface area contributed by atoms with Gasteiger partial charge in [0.15, 0.2) is 5.82 Å². The van der Waals surface area contributed by atoms with Crippen LogP contribution in [-0.2, 0) is 12.0 Å². The van der Waals surface area contributed by atoms with E-state index in [2.05, 4.69) is 47.2 Å². The van der Waals surface area contributed by atoms with E-state index in [1.54, 1.807) is 6.20 Å². The van der Waals surface area contributed by atoms with Gasteiger partial charge in [-0.15, -0.1) is 0 Å². The number of hydrogen-bond acceptors (Lipinski definition) is 4. The number of aryl methyl sites for hydroxylation is 1. The van der Waals surface area contributed by atoms with E-state index in [4.69, 9.17) is 5.73 Å². The maximum absolute atomic E-state index is 5.91. The molecule has 0 bridgehead atoms. The van der Waals surface area contributed by atoms with Gasteiger partial charge in [-0.2, -0.15) is 0 Å². The molecule has 0 saturated carbocycles. The fourth-order valence-corrected chi connectivity index (χ4v) is 1.89. The molecule has 0 aliphatic rings. The minimum absolute atomic E-state index is 0.0541. The fraction of sp³-hybridized carbons (Fsp3) is 0.500. The van der Waals surface area contributed by atoms with E-state index in [1.807, 2.05) is 12.4 Å². The number of aromatic nitrogens is 4. The minimum Gasteiger partial charge on any atom is -0.384 e. The van der Waals surface area contributed by atoms with Gasteiger partial charge in [0.2, 0.25) is 0 Å². The van der Waals surface area contributed by atoms with Crippen molar-refractivity contribution in [3.05, 3.63) is 24.3 Å². The van der Waals surface area contributed by atoms with Gasteiger partial charge in [0, 0.05) is 18.0 Å². The van der Waals surface area contributed by atoms with Crippen molar-refractivity contribution >= 4 is 5.82 Å². The fourth-order valence-electron chi connectivity index (χ4n) is 1.89. The SMILES string of the molecule is CCCn1cncc1-c1nc(N)cc(C(C)(C)C)n1. The summed E-state index contributed by atoms with van der Waals surface area (Å²) in [6, 6.07) is 1.84. The van der Waals surface area contributed by atoms with Crippen molar-refractivity contribution in [2.75, 3.05) is 5.73 Å². The summed E-state index contributed by atoms with van der Waals surface area (Å²) in [4.78, 5) is 13.2. The van der Waals surface area contributed by atoms with Crippen LogP contribution in [0.25, 0.3) is 11.5 Å². The molecule has 0 fully saturated rings. The standard InChI is InChI=1S/C14H21N5/c1-5-6-19-9-16-8-10(19)13-17-11(14(2,3)4)7-12(15)18-13/h7-9H,5-6H2,1-4H3,(H2,15,17,18). The number of hydrogen-bond donors (Lipinski definition) is 1. The predicted molar refractivity (Wildman–Crippen MR) is 76.7 cm³/mol. The smallest absolute Gasteiger partial charge is 0.180 e. The van der Waals surface area contributed by atoms with Crippen LogP contribution in [0.4, 0.5) is 5.82 Å². The molecule has 5 heteroatoms. The first-order valence-electron chi connectivity index (χ1n) is 6.57. The second kappa shape index (κ2) is 4.99. The molecule has 2 rings (SSSR count). The summed E-state index contributed by atoms with van der Waals surface area (Å²) in [6.07, 6.45) is 4.64. The Labute approximate surface area is 113 Å². The Hall–Kier alpha value is -1.91. The van der Waals surface area contributed by atoms with Crippen LogP contribution in [0.5, 0.6) is 0 Å². The molecule has 0 saturated heterocycles. The van der Waals surface area contributed by atoms with Crippen molar-refractivity contribution in [3.63, 3.8) is 0 Å². The third-order valence-electron chi connectivity index (χ3n) is 2.92. The molecule has 0 spiro atoms. The summed E-state index contributed by atoms with van der Waals surface area (Å²) in [5.74, 6) is 1.15. The van der Waals surface area contributed by atoms with Crippen LogP contribution >= 0.6 is 0 Å². The first-order chi connectivity index (χ1) is 8.91. The molecule has 0 aromatic carbocycles. The molecule has 2 aromatic heterocycles. The van der Waals surface area contributed by atoms with Gasteiger partial charge in [0.25, 0.3) is 0 Å². The molecular weight excluding hydrogens is 238 g/mol. The Morgan fingerprint density at radius 3 is 2.63 bits per heavy atom. The van der Waals surface area contributed by atoms with E-state index in [0.717, 1.165) is 24.4 Å². The van der Waals surface area contributed by atoms with E-state index < -0.39 is 0 Å². The Morgan fingerprint density at radius 2 is 2.00 bits per heavy atom. The molecule has 0 atom stereocenters. The average molecular weight is 259 g/mol. The highest BCUT2D eigenvalue weighted by atomic mass is 15.1. The lowest BCUT2D eigenvalue weighted by Gasteiger charge is -2.18. The van der Waals surface area contributed by atoms with Gasteiger partial charge in [0.1, 0.15) is 11.5 Å². The summed E-state index contributed by atoms with van der Waals surface area (Å²) in [6.45, 7) is 9.37. The van der Waals surface area contributed by atoms with Gasteiger partial charge in [-0.25, -0.2) is 15.0 Å². The van der Waals surface area contributed by atoms with Crippen LogP contribution in [0.15, 0.2) is 18.6 Å². The highest BCUT2D eigenvalue weighted by molar-refractivity contribution is 5.52. The van der Waals surface area contributed by atoms with Gasteiger partial charge >= 0.3 is 0 Å². The Kier molecular flexibility index (Phi) is 3.55. The lowest BCUT2D eigenvalue weighted by molar-refractivity contribution is 0.567. The third kappa shape index (κ3) is 2.92. The quantitative estimate of drug-likeness (QED) is 0.920. The van der Waals surface area contributed by atoms with Crippen LogP contribution in [0.1, 0.15) is 39.8 Å². The summed E-state index contributed by atoms with van der Waals surface area (Å²) in [5, 5.41) is 0. The maximum atomic E-state index is 5.91. The molecule has 102 valence electrons. The van der Waals surface area contributed by atoms with Crippen LogP contribution in [0.2, 0.25) is 0 Å². The molecule has 2 N–H and O–H groups in total. The van der Waals surface area contributed by atoms with Crippen LogP contribution < -0.4 is 5.73 Å². The van der Waals surface area contributed by atoms with Crippen LogP contribution in [0, 0.1) is 0 Å². The molecule has 2 aromatic rings. The minimum atomic E-state index is -0.0541. The van der Waals surface area contributed by atoms with E-state index in [0.29, 0.717) is 11.6 Å². The number of rotatable bonds is 3. The third-order valence-corrected chi connectivity index (χ3v) is 2.92. The molecule has 0 radical (unpaired) electrons. The van der Waals surface area contributed by atoms with E-state index in [1.165, 1.54) is 0 Å². The van der Waals surface area contributed by atoms with Crippen molar-refractivity contribution in [3.8, 4) is 11.5 Å². The second-order valence-corrected chi connectivity index (χ2v) is 5.72. The van der Waals surface area contributed by atoms with E-state index in [-0.39, 0.29) is 5.41 Å². The molecule has 5 nitrogen and oxygen atoms in total. The van der Waals surface area contributed by atoms with Crippen molar-refractivity contribution < 1.29 is 0 Å². The highest BCUT2D eigenvalue weighted by Crippen LogP contribution is 2.24. The van der Waals surface area contributed by atoms with Gasteiger partial charge in [-0.1, -0.05) is 27.7 Å². The molecule has 19 heavy (non-hydrogen) atoms. The summed E-state index contributed by atoms with van der Waals surface area (Å²) >= 11 is 0. The lowest BCUT2D eigenvalue weighted by Crippen LogP contribution is -2.16. The topological polar surface area (TPSA) is 69.6 Å². The first kappa shape index (κ1) is 13.5. The largest absolute Gasteiger partial charge is 0.384 e. The molecule has 0 aliphatic heterocycles. The average Bonchev–Trinajstić information content (AvgIpc) is 2.76. The number of anilines is 1. The first-order valence-corrected chi connectivity index (χ1v) is 6.57. The van der Waals surface area contributed by atoms with Crippen molar-refractivity contribution in [2.24, 2.45) is 0 Å². The zero-order valence-corrected chi connectivity index (χ0v) is 12.0. The molecular formula is C14H21N5. The Balaban J connectivity index is 2.50. The Bertz CT molecular complexity index is 565. The molecule has 2 heterocycles. The van der Waals surface area contributed by atoms with Gasteiger partial charge in [-0.3, -0.25) is 0 Å². The van der Waals surface area contributed by atoms with E-state index in [9.17, 15) is 0 Å². The van der Waals surface area contributed by atoms with Crippen LogP contribution in [-0.4, -0.2) is 19.5 Å². The van der Waals surface area contributed by atoms with Crippen molar-refractivity contribution in [1.82, 2.24) is 19.5 Å². The lowest BCUT2D eigenvalue weighted by atomic mass is 9.92. The van der Waals surface area contributed by atoms with Crippen LogP contribution in [0.3, 0.4) is 0 Å². The normalized spacial score (nSPS) is 11.8. The van der Waals surface area contributed by atoms with Gasteiger partial charge < -0.3 is 10.3 Å². The maximum Gasteiger partial charge on any atom is 0.180 e. The predicted octanol–water partition coefficient (Wildman–Crippen LogP) is 2.63. The number of nitrogens with zero attached hydrogens (tertiary/aromatic N) is 4. The summed E-state index contributed by atoms with van der Waals surface area (Å²) in [5.41, 5.74) is 7.71. The van der Waals surface area contributed by atoms with E-state index >= 15 is 0 Å². The molecule has 0 amide bonds. The molecule has 0 unspecified atom stereocenters. The summed E-state index contributed by atoms with van der Waals surface area (Å²) in [7, 11) is 0.